The smallest absolute Gasteiger partial charge is 0.273 e. The average Bonchev–Trinajstić information content (AvgIpc) is 3.04. The molecule has 9 heteroatoms. The second-order valence-electron chi connectivity index (χ2n) is 7.34. The Morgan fingerprint density at radius 1 is 1.21 bits per heavy atom. The maximum atomic E-state index is 13.2. The van der Waals surface area contributed by atoms with Crippen LogP contribution < -0.4 is 5.32 Å². The van der Waals surface area contributed by atoms with Gasteiger partial charge in [-0.3, -0.25) is 9.59 Å². The molecular weight excluding hydrogens is 419 g/mol. The highest BCUT2D eigenvalue weighted by molar-refractivity contribution is 7.14. The number of amides is 2. The summed E-state index contributed by atoms with van der Waals surface area (Å²) in [6, 6.07) is 5.33. The van der Waals surface area contributed by atoms with Gasteiger partial charge in [0, 0.05) is 30.9 Å². The van der Waals surface area contributed by atoms with Crippen LogP contribution in [0.3, 0.4) is 0 Å². The number of carbonyl (C=O) groups excluding carboxylic acids is 2. The first kappa shape index (κ1) is 22.6. The molecule has 0 saturated carbocycles. The van der Waals surface area contributed by atoms with Crippen molar-refractivity contribution in [1.82, 2.24) is 14.8 Å². The van der Waals surface area contributed by atoms with Crippen LogP contribution in [0.1, 0.15) is 36.8 Å². The summed E-state index contributed by atoms with van der Waals surface area (Å²) in [5.74, 6) is -0.441. The molecule has 1 heterocycles. The van der Waals surface area contributed by atoms with Crippen molar-refractivity contribution in [3.05, 3.63) is 44.9 Å². The fraction of sp³-hybridized carbons (Fsp3) is 0.421. The Bertz CT molecular complexity index is 867. The lowest BCUT2D eigenvalue weighted by molar-refractivity contribution is -0.114. The Morgan fingerprint density at radius 2 is 1.89 bits per heavy atom. The van der Waals surface area contributed by atoms with E-state index < -0.39 is 0 Å². The zero-order valence-corrected chi connectivity index (χ0v) is 18.9. The first-order valence-corrected chi connectivity index (χ1v) is 10.3. The van der Waals surface area contributed by atoms with Gasteiger partial charge in [0.15, 0.2) is 5.13 Å². The van der Waals surface area contributed by atoms with Crippen LogP contribution in [0.15, 0.2) is 23.6 Å². The molecule has 0 atom stereocenters. The summed E-state index contributed by atoms with van der Waals surface area (Å²) < 4.78 is 0. The molecule has 0 bridgehead atoms. The Morgan fingerprint density at radius 3 is 2.46 bits per heavy atom. The topological polar surface area (TPSA) is 65.5 Å². The lowest BCUT2D eigenvalue weighted by Gasteiger charge is -2.37. The number of likely N-dealkylation sites (N-methyl/N-ethyl adjacent to an activating group) is 1. The molecule has 1 aromatic heterocycles. The van der Waals surface area contributed by atoms with Crippen LogP contribution >= 0.6 is 34.5 Å². The summed E-state index contributed by atoms with van der Waals surface area (Å²) in [7, 11) is 3.94. The van der Waals surface area contributed by atoms with Gasteiger partial charge in [-0.15, -0.1) is 11.3 Å². The van der Waals surface area contributed by atoms with Crippen molar-refractivity contribution in [2.45, 2.75) is 32.9 Å². The highest BCUT2D eigenvalue weighted by Gasteiger charge is 2.29. The van der Waals surface area contributed by atoms with Crippen LogP contribution in [0.2, 0.25) is 10.0 Å². The number of nitrogens with one attached hydrogen (secondary N) is 1. The minimum absolute atomic E-state index is 0.214. The normalized spacial score (nSPS) is 11.6. The number of nitrogens with zero attached hydrogens (tertiary/aromatic N) is 3. The fourth-order valence-electron chi connectivity index (χ4n) is 2.41. The molecule has 0 spiro atoms. The van der Waals surface area contributed by atoms with Crippen molar-refractivity contribution in [3.63, 3.8) is 0 Å². The highest BCUT2D eigenvalue weighted by Crippen LogP contribution is 2.25. The quantitative estimate of drug-likeness (QED) is 0.690. The summed E-state index contributed by atoms with van der Waals surface area (Å²) in [5, 5.41) is 5.57. The SMILES string of the molecule is CC(=O)Nc1nc(C(=O)N(Cc2ccc(Cl)c(Cl)c2)CC(C)(C)N(C)C)cs1. The number of hydrogen-bond acceptors (Lipinski definition) is 5. The molecule has 0 aliphatic carbocycles. The molecule has 152 valence electrons. The summed E-state index contributed by atoms with van der Waals surface area (Å²) in [6.45, 7) is 6.36. The number of halogens is 2. The third kappa shape index (κ3) is 5.91. The van der Waals surface area contributed by atoms with E-state index in [1.807, 2.05) is 20.2 Å². The molecule has 2 amide bonds. The minimum atomic E-state index is -0.262. The van der Waals surface area contributed by atoms with Crippen LogP contribution in [0.5, 0.6) is 0 Å². The van der Waals surface area contributed by atoms with E-state index in [1.54, 1.807) is 22.4 Å². The Labute approximate surface area is 179 Å². The first-order valence-electron chi connectivity index (χ1n) is 8.63. The van der Waals surface area contributed by atoms with Crippen molar-refractivity contribution < 1.29 is 9.59 Å². The summed E-state index contributed by atoms with van der Waals surface area (Å²) in [6.07, 6.45) is 0. The van der Waals surface area contributed by atoms with E-state index in [0.717, 1.165) is 5.56 Å². The molecule has 2 rings (SSSR count). The van der Waals surface area contributed by atoms with Gasteiger partial charge in [-0.1, -0.05) is 29.3 Å². The van der Waals surface area contributed by atoms with E-state index in [-0.39, 0.29) is 17.4 Å². The lowest BCUT2D eigenvalue weighted by Crippen LogP contribution is -2.49. The van der Waals surface area contributed by atoms with E-state index in [4.69, 9.17) is 23.2 Å². The van der Waals surface area contributed by atoms with Gasteiger partial charge in [-0.2, -0.15) is 0 Å². The van der Waals surface area contributed by atoms with Gasteiger partial charge in [0.1, 0.15) is 5.69 Å². The first-order chi connectivity index (χ1) is 13.0. The van der Waals surface area contributed by atoms with E-state index in [1.165, 1.54) is 18.3 Å². The molecule has 28 heavy (non-hydrogen) atoms. The minimum Gasteiger partial charge on any atom is -0.331 e. The van der Waals surface area contributed by atoms with E-state index in [0.29, 0.717) is 34.0 Å². The monoisotopic (exact) mass is 442 g/mol. The van der Waals surface area contributed by atoms with Crippen molar-refractivity contribution >= 4 is 51.5 Å². The molecule has 0 saturated heterocycles. The number of rotatable bonds is 7. The van der Waals surface area contributed by atoms with Crippen molar-refractivity contribution in [2.24, 2.45) is 0 Å². The molecule has 2 aromatic rings. The summed E-state index contributed by atoms with van der Waals surface area (Å²) in [4.78, 5) is 32.4. The molecule has 0 fully saturated rings. The maximum Gasteiger partial charge on any atom is 0.273 e. The zero-order chi connectivity index (χ0) is 21.1. The van der Waals surface area contributed by atoms with E-state index in [2.05, 4.69) is 29.0 Å². The van der Waals surface area contributed by atoms with Crippen LogP contribution in [-0.4, -0.2) is 52.8 Å². The summed E-state index contributed by atoms with van der Waals surface area (Å²) >= 11 is 13.4. The molecule has 1 aromatic carbocycles. The number of aromatic nitrogens is 1. The van der Waals surface area contributed by atoms with Gasteiger partial charge in [0.25, 0.3) is 5.91 Å². The number of benzene rings is 1. The van der Waals surface area contributed by atoms with Gasteiger partial charge < -0.3 is 15.1 Å². The van der Waals surface area contributed by atoms with Crippen LogP contribution in [0, 0.1) is 0 Å². The molecule has 0 unspecified atom stereocenters. The van der Waals surface area contributed by atoms with Gasteiger partial charge in [0.2, 0.25) is 5.91 Å². The van der Waals surface area contributed by atoms with Gasteiger partial charge in [-0.25, -0.2) is 4.98 Å². The van der Waals surface area contributed by atoms with Gasteiger partial charge >= 0.3 is 0 Å². The second-order valence-corrected chi connectivity index (χ2v) is 9.01. The van der Waals surface area contributed by atoms with E-state index in [9.17, 15) is 9.59 Å². The molecular formula is C19H24Cl2N4O2S. The molecule has 0 aliphatic heterocycles. The highest BCUT2D eigenvalue weighted by atomic mass is 35.5. The number of carbonyl (C=O) groups is 2. The predicted molar refractivity (Wildman–Crippen MR) is 115 cm³/mol. The average molecular weight is 443 g/mol. The third-order valence-electron chi connectivity index (χ3n) is 4.44. The largest absolute Gasteiger partial charge is 0.331 e. The molecule has 0 aliphatic rings. The Balaban J connectivity index is 2.30. The number of anilines is 1. The third-order valence-corrected chi connectivity index (χ3v) is 5.94. The van der Waals surface area contributed by atoms with Gasteiger partial charge in [-0.05, 0) is 45.6 Å². The predicted octanol–water partition coefficient (Wildman–Crippen LogP) is 4.39. The zero-order valence-electron chi connectivity index (χ0n) is 16.5. The molecule has 0 radical (unpaired) electrons. The van der Waals surface area contributed by atoms with Crippen molar-refractivity contribution in [3.8, 4) is 0 Å². The summed E-state index contributed by atoms with van der Waals surface area (Å²) in [5.41, 5.74) is 0.903. The molecule has 6 nitrogen and oxygen atoms in total. The van der Waals surface area contributed by atoms with E-state index >= 15 is 0 Å². The number of thiazole rings is 1. The second kappa shape index (κ2) is 9.22. The number of hydrogen-bond donors (Lipinski definition) is 1. The Kier molecular flexibility index (Phi) is 7.45. The Hall–Kier alpha value is -1.67. The molecule has 1 N–H and O–H groups in total. The van der Waals surface area contributed by atoms with Crippen LogP contribution in [0.25, 0.3) is 0 Å². The van der Waals surface area contributed by atoms with Gasteiger partial charge in [0.05, 0.1) is 10.0 Å². The standard InChI is InChI=1S/C19H24Cl2N4O2S/c1-12(26)22-18-23-16(10-28-18)17(27)25(11-19(2,3)24(4)5)9-13-6-7-14(20)15(21)8-13/h6-8,10H,9,11H2,1-5H3,(H,22,23,26). The van der Waals surface area contributed by atoms with Crippen LogP contribution in [0.4, 0.5) is 5.13 Å². The van der Waals surface area contributed by atoms with Crippen molar-refractivity contribution in [1.29, 1.82) is 0 Å². The maximum absolute atomic E-state index is 13.2. The fourth-order valence-corrected chi connectivity index (χ4v) is 3.46. The van der Waals surface area contributed by atoms with Crippen molar-refractivity contribution in [2.75, 3.05) is 26.0 Å². The van der Waals surface area contributed by atoms with Crippen LogP contribution in [-0.2, 0) is 11.3 Å². The lowest BCUT2D eigenvalue weighted by atomic mass is 10.0.